The van der Waals surface area contributed by atoms with Crippen LogP contribution < -0.4 is 5.32 Å². The van der Waals surface area contributed by atoms with Crippen LogP contribution in [-0.2, 0) is 4.79 Å². The van der Waals surface area contributed by atoms with Gasteiger partial charge in [0.1, 0.15) is 5.82 Å². The molecule has 0 atom stereocenters. The lowest BCUT2D eigenvalue weighted by Gasteiger charge is -2.11. The van der Waals surface area contributed by atoms with Crippen molar-refractivity contribution in [2.45, 2.75) is 13.1 Å². The highest BCUT2D eigenvalue weighted by Crippen LogP contribution is 2.23. The number of hydrogen-bond donors (Lipinski definition) is 1. The molecule has 0 radical (unpaired) electrons. The Bertz CT molecular complexity index is 468. The average Bonchev–Trinajstić information content (AvgIpc) is 2.18. The number of para-hydroxylation sites is 1. The van der Waals surface area contributed by atoms with Crippen LogP contribution >= 0.6 is 0 Å². The zero-order valence-corrected chi connectivity index (χ0v) is 8.56. The van der Waals surface area contributed by atoms with Crippen LogP contribution in [0.3, 0.4) is 0 Å². The number of Topliss-reactive ketones (excluding diaryl/α,β-unsaturated/α-hetero) is 1. The maximum absolute atomic E-state index is 13.2. The van der Waals surface area contributed by atoms with Gasteiger partial charge >= 0.3 is 12.1 Å². The normalized spacial score (nSPS) is 11.1. The summed E-state index contributed by atoms with van der Waals surface area (Å²) in [4.78, 5) is 21.7. The molecule has 1 N–H and O–H groups in total. The number of nitrogens with one attached hydrogen (secondary N) is 1. The van der Waals surface area contributed by atoms with Gasteiger partial charge in [0.15, 0.2) is 5.78 Å². The van der Waals surface area contributed by atoms with Crippen molar-refractivity contribution in [1.29, 1.82) is 0 Å². The predicted molar refractivity (Wildman–Crippen MR) is 51.1 cm³/mol. The van der Waals surface area contributed by atoms with Gasteiger partial charge in [-0.3, -0.25) is 9.59 Å². The van der Waals surface area contributed by atoms with Gasteiger partial charge in [0, 0.05) is 5.56 Å². The molecule has 1 rings (SSSR count). The zero-order chi connectivity index (χ0) is 13.2. The van der Waals surface area contributed by atoms with E-state index in [4.69, 9.17) is 0 Å². The molecule has 0 bridgehead atoms. The number of amides is 1. The Morgan fingerprint density at radius 1 is 1.24 bits per heavy atom. The third-order valence-corrected chi connectivity index (χ3v) is 1.89. The standard InChI is InChI=1S/C10H7F4NO2/c1-5(16)6-3-2-4-7(11)8(6)15-9(17)10(12,13)14/h2-4H,1H3,(H,15,17). The first-order valence-electron chi connectivity index (χ1n) is 4.41. The van der Waals surface area contributed by atoms with Gasteiger partial charge in [-0.1, -0.05) is 6.07 Å². The molecular formula is C10H7F4NO2. The summed E-state index contributed by atoms with van der Waals surface area (Å²) in [6, 6.07) is 3.13. The number of rotatable bonds is 2. The van der Waals surface area contributed by atoms with Gasteiger partial charge in [0.05, 0.1) is 5.69 Å². The van der Waals surface area contributed by atoms with Crippen LogP contribution in [0, 0.1) is 5.82 Å². The van der Waals surface area contributed by atoms with Crippen molar-refractivity contribution in [3.63, 3.8) is 0 Å². The summed E-state index contributed by atoms with van der Waals surface area (Å²) in [5.41, 5.74) is -1.08. The zero-order valence-electron chi connectivity index (χ0n) is 8.56. The first-order valence-corrected chi connectivity index (χ1v) is 4.41. The van der Waals surface area contributed by atoms with Crippen molar-refractivity contribution in [3.8, 4) is 0 Å². The smallest absolute Gasteiger partial charge is 0.315 e. The van der Waals surface area contributed by atoms with Gasteiger partial charge in [-0.15, -0.1) is 0 Å². The summed E-state index contributed by atoms with van der Waals surface area (Å²) >= 11 is 0. The largest absolute Gasteiger partial charge is 0.471 e. The molecule has 0 saturated carbocycles. The Kier molecular flexibility index (Phi) is 3.50. The van der Waals surface area contributed by atoms with E-state index in [1.54, 1.807) is 0 Å². The van der Waals surface area contributed by atoms with E-state index in [9.17, 15) is 27.2 Å². The molecule has 0 aliphatic rings. The lowest BCUT2D eigenvalue weighted by atomic mass is 10.1. The maximum atomic E-state index is 13.2. The third-order valence-electron chi connectivity index (χ3n) is 1.89. The van der Waals surface area contributed by atoms with Gasteiger partial charge in [-0.05, 0) is 19.1 Å². The third kappa shape index (κ3) is 3.02. The summed E-state index contributed by atoms with van der Waals surface area (Å²) in [5.74, 6) is -4.08. The van der Waals surface area contributed by atoms with E-state index >= 15 is 0 Å². The Labute approximate surface area is 93.4 Å². The van der Waals surface area contributed by atoms with E-state index in [-0.39, 0.29) is 5.56 Å². The lowest BCUT2D eigenvalue weighted by Crippen LogP contribution is -2.31. The fourth-order valence-corrected chi connectivity index (χ4v) is 1.13. The van der Waals surface area contributed by atoms with Crippen LogP contribution in [0.2, 0.25) is 0 Å². The number of hydrogen-bond acceptors (Lipinski definition) is 2. The highest BCUT2D eigenvalue weighted by atomic mass is 19.4. The molecule has 17 heavy (non-hydrogen) atoms. The maximum Gasteiger partial charge on any atom is 0.471 e. The fraction of sp³-hybridized carbons (Fsp3) is 0.200. The van der Waals surface area contributed by atoms with Crippen LogP contribution in [0.25, 0.3) is 0 Å². The lowest BCUT2D eigenvalue weighted by molar-refractivity contribution is -0.167. The van der Waals surface area contributed by atoms with Crippen molar-refractivity contribution in [2.24, 2.45) is 0 Å². The van der Waals surface area contributed by atoms with Crippen molar-refractivity contribution >= 4 is 17.4 Å². The average molecular weight is 249 g/mol. The molecule has 7 heteroatoms. The second-order valence-corrected chi connectivity index (χ2v) is 3.17. The Morgan fingerprint density at radius 2 is 1.82 bits per heavy atom. The Morgan fingerprint density at radius 3 is 2.29 bits per heavy atom. The summed E-state index contributed by atoms with van der Waals surface area (Å²) in [6.45, 7) is 1.05. The van der Waals surface area contributed by atoms with Gasteiger partial charge in [-0.25, -0.2) is 4.39 Å². The minimum absolute atomic E-state index is 0.317. The molecule has 92 valence electrons. The van der Waals surface area contributed by atoms with Crippen molar-refractivity contribution < 1.29 is 27.2 Å². The number of anilines is 1. The first kappa shape index (κ1) is 13.1. The molecule has 0 aliphatic carbocycles. The molecule has 1 aromatic carbocycles. The van der Waals surface area contributed by atoms with Crippen molar-refractivity contribution in [1.82, 2.24) is 0 Å². The monoisotopic (exact) mass is 249 g/mol. The molecule has 0 aromatic heterocycles. The van der Waals surface area contributed by atoms with E-state index < -0.39 is 29.4 Å². The number of carbonyl (C=O) groups is 2. The van der Waals surface area contributed by atoms with Crippen LogP contribution in [0.4, 0.5) is 23.2 Å². The molecule has 0 spiro atoms. The molecule has 1 aromatic rings. The second kappa shape index (κ2) is 4.52. The Hall–Kier alpha value is -1.92. The van der Waals surface area contributed by atoms with Gasteiger partial charge in [0.2, 0.25) is 0 Å². The SMILES string of the molecule is CC(=O)c1cccc(F)c1NC(=O)C(F)(F)F. The van der Waals surface area contributed by atoms with E-state index in [1.165, 1.54) is 5.32 Å². The number of alkyl halides is 3. The van der Waals surface area contributed by atoms with Crippen molar-refractivity contribution in [2.75, 3.05) is 5.32 Å². The molecular weight excluding hydrogens is 242 g/mol. The Balaban J connectivity index is 3.14. The van der Waals surface area contributed by atoms with E-state index in [0.29, 0.717) is 0 Å². The van der Waals surface area contributed by atoms with Crippen LogP contribution in [-0.4, -0.2) is 17.9 Å². The summed E-state index contributed by atoms with van der Waals surface area (Å²) in [7, 11) is 0. The van der Waals surface area contributed by atoms with Gasteiger partial charge in [-0.2, -0.15) is 13.2 Å². The molecule has 0 unspecified atom stereocenters. The van der Waals surface area contributed by atoms with E-state index in [1.807, 2.05) is 0 Å². The topological polar surface area (TPSA) is 46.2 Å². The van der Waals surface area contributed by atoms with Crippen LogP contribution in [0.15, 0.2) is 18.2 Å². The highest BCUT2D eigenvalue weighted by molar-refractivity contribution is 6.04. The fourth-order valence-electron chi connectivity index (χ4n) is 1.13. The molecule has 0 saturated heterocycles. The quantitative estimate of drug-likeness (QED) is 0.646. The number of carbonyl (C=O) groups excluding carboxylic acids is 2. The number of benzene rings is 1. The molecule has 0 heterocycles. The number of ketones is 1. The predicted octanol–water partition coefficient (Wildman–Crippen LogP) is 2.53. The molecule has 0 aliphatic heterocycles. The number of halogens is 4. The minimum Gasteiger partial charge on any atom is -0.315 e. The summed E-state index contributed by atoms with van der Waals surface area (Å²) < 4.78 is 49.2. The first-order chi connectivity index (χ1) is 7.73. The van der Waals surface area contributed by atoms with Crippen molar-refractivity contribution in [3.05, 3.63) is 29.6 Å². The summed E-state index contributed by atoms with van der Waals surface area (Å²) in [6.07, 6.45) is -5.14. The highest BCUT2D eigenvalue weighted by Gasteiger charge is 2.39. The second-order valence-electron chi connectivity index (χ2n) is 3.17. The van der Waals surface area contributed by atoms with Crippen LogP contribution in [0.5, 0.6) is 0 Å². The molecule has 1 amide bonds. The van der Waals surface area contributed by atoms with E-state index in [2.05, 4.69) is 0 Å². The molecule has 0 fully saturated rings. The van der Waals surface area contributed by atoms with Gasteiger partial charge in [0.25, 0.3) is 0 Å². The summed E-state index contributed by atoms with van der Waals surface area (Å²) in [5, 5.41) is 1.34. The van der Waals surface area contributed by atoms with Gasteiger partial charge < -0.3 is 5.32 Å². The van der Waals surface area contributed by atoms with Crippen LogP contribution in [0.1, 0.15) is 17.3 Å². The minimum atomic E-state index is -5.14. The van der Waals surface area contributed by atoms with E-state index in [0.717, 1.165) is 25.1 Å². The molecule has 3 nitrogen and oxygen atoms in total.